The van der Waals surface area contributed by atoms with Crippen molar-refractivity contribution in [3.8, 4) is 0 Å². The number of rotatable bonds is 6. The summed E-state index contributed by atoms with van der Waals surface area (Å²) in [5.74, 6) is -9.35. The van der Waals surface area contributed by atoms with E-state index in [-0.39, 0.29) is 19.8 Å². The highest BCUT2D eigenvalue weighted by Gasteiger charge is 2.59. The Labute approximate surface area is 150 Å². The number of ketones is 1. The lowest BCUT2D eigenvalue weighted by molar-refractivity contribution is -0.184. The van der Waals surface area contributed by atoms with Crippen LogP contribution in [0.4, 0.5) is 8.78 Å². The first-order chi connectivity index (χ1) is 12.3. The maximum absolute atomic E-state index is 14.3. The molecule has 1 aliphatic heterocycles. The first-order valence-electron chi connectivity index (χ1n) is 8.35. The number of hydrogen-bond donors (Lipinski definition) is 0. The maximum Gasteiger partial charge on any atom is 0.324 e. The Hall–Kier alpha value is -2.35. The molecule has 0 aliphatic carbocycles. The van der Waals surface area contributed by atoms with Crippen molar-refractivity contribution < 1.29 is 32.6 Å². The second-order valence-electron chi connectivity index (χ2n) is 5.89. The number of piperidine rings is 1. The van der Waals surface area contributed by atoms with E-state index in [1.807, 2.05) is 0 Å². The number of carbonyl (C=O) groups is 3. The highest BCUT2D eigenvalue weighted by atomic mass is 19.3. The lowest BCUT2D eigenvalue weighted by Gasteiger charge is -2.40. The number of carbonyl (C=O) groups excluding carboxylic acids is 3. The van der Waals surface area contributed by atoms with Crippen LogP contribution in [-0.2, 0) is 30.4 Å². The minimum Gasteiger partial charge on any atom is -0.465 e. The quantitative estimate of drug-likeness (QED) is 0.563. The zero-order valence-electron chi connectivity index (χ0n) is 14.6. The van der Waals surface area contributed by atoms with Crippen LogP contribution in [0, 0.1) is 5.92 Å². The van der Waals surface area contributed by atoms with Crippen molar-refractivity contribution in [3.05, 3.63) is 35.9 Å². The van der Waals surface area contributed by atoms with Gasteiger partial charge < -0.3 is 9.47 Å². The van der Waals surface area contributed by atoms with Gasteiger partial charge in [0.25, 0.3) is 0 Å². The second kappa shape index (κ2) is 8.35. The smallest absolute Gasteiger partial charge is 0.324 e. The van der Waals surface area contributed by atoms with Gasteiger partial charge in [0.2, 0.25) is 5.78 Å². The average molecular weight is 369 g/mol. The van der Waals surface area contributed by atoms with Crippen molar-refractivity contribution in [2.24, 2.45) is 5.92 Å². The molecule has 1 aromatic rings. The van der Waals surface area contributed by atoms with Crippen LogP contribution in [0.25, 0.3) is 0 Å². The summed E-state index contributed by atoms with van der Waals surface area (Å²) in [7, 11) is 0. The second-order valence-corrected chi connectivity index (χ2v) is 5.89. The average Bonchev–Trinajstić information content (AvgIpc) is 2.58. The van der Waals surface area contributed by atoms with Crippen molar-refractivity contribution in [1.82, 2.24) is 4.90 Å². The van der Waals surface area contributed by atoms with Crippen LogP contribution >= 0.6 is 0 Å². The van der Waals surface area contributed by atoms with E-state index in [2.05, 4.69) is 0 Å². The number of ether oxygens (including phenoxy) is 2. The number of benzene rings is 1. The van der Waals surface area contributed by atoms with Gasteiger partial charge in [-0.05, 0) is 19.4 Å². The van der Waals surface area contributed by atoms with Crippen molar-refractivity contribution in [1.29, 1.82) is 0 Å². The predicted molar refractivity (Wildman–Crippen MR) is 87.4 cm³/mol. The Morgan fingerprint density at radius 3 is 2.27 bits per heavy atom. The Morgan fingerprint density at radius 1 is 1.12 bits per heavy atom. The molecule has 1 aromatic carbocycles. The van der Waals surface area contributed by atoms with Crippen LogP contribution in [0.1, 0.15) is 19.4 Å². The summed E-state index contributed by atoms with van der Waals surface area (Å²) in [5, 5.41) is 0. The number of Topliss-reactive ketones (excluding diaryl/α,β-unsaturated/α-hetero) is 1. The molecule has 0 amide bonds. The highest BCUT2D eigenvalue weighted by molar-refractivity contribution is 6.07. The van der Waals surface area contributed by atoms with E-state index in [0.29, 0.717) is 5.56 Å². The molecular weight excluding hydrogens is 348 g/mol. The number of hydrogen-bond acceptors (Lipinski definition) is 6. The number of nitrogens with zero attached hydrogens (tertiary/aromatic N) is 1. The normalized spacial score (nSPS) is 22.7. The molecule has 2 rings (SSSR count). The minimum absolute atomic E-state index is 0.00532. The summed E-state index contributed by atoms with van der Waals surface area (Å²) in [6.07, 6.45) is 0. The monoisotopic (exact) mass is 369 g/mol. The molecule has 0 spiro atoms. The van der Waals surface area contributed by atoms with Crippen LogP contribution in [0.15, 0.2) is 30.3 Å². The Balaban J connectivity index is 2.42. The molecule has 6 nitrogen and oxygen atoms in total. The lowest BCUT2D eigenvalue weighted by atomic mass is 9.85. The van der Waals surface area contributed by atoms with E-state index < -0.39 is 42.1 Å². The largest absolute Gasteiger partial charge is 0.465 e. The van der Waals surface area contributed by atoms with Gasteiger partial charge in [-0.15, -0.1) is 0 Å². The van der Waals surface area contributed by atoms with Crippen molar-refractivity contribution in [2.45, 2.75) is 32.4 Å². The van der Waals surface area contributed by atoms with Gasteiger partial charge in [0, 0.05) is 6.54 Å². The van der Waals surface area contributed by atoms with Gasteiger partial charge in [-0.2, -0.15) is 8.78 Å². The fourth-order valence-corrected chi connectivity index (χ4v) is 2.97. The molecule has 142 valence electrons. The van der Waals surface area contributed by atoms with Gasteiger partial charge in [-0.3, -0.25) is 19.3 Å². The number of alkyl halides is 2. The van der Waals surface area contributed by atoms with Crippen LogP contribution in [-0.4, -0.2) is 54.3 Å². The van der Waals surface area contributed by atoms with Gasteiger partial charge in [0.05, 0.1) is 19.8 Å². The van der Waals surface area contributed by atoms with Crippen molar-refractivity contribution in [3.63, 3.8) is 0 Å². The highest BCUT2D eigenvalue weighted by Crippen LogP contribution is 2.34. The van der Waals surface area contributed by atoms with Crippen LogP contribution < -0.4 is 0 Å². The first kappa shape index (κ1) is 20.0. The van der Waals surface area contributed by atoms with E-state index in [4.69, 9.17) is 9.47 Å². The van der Waals surface area contributed by atoms with Crippen molar-refractivity contribution >= 4 is 17.7 Å². The molecule has 0 N–H and O–H groups in total. The molecule has 0 bridgehead atoms. The third-order valence-corrected chi connectivity index (χ3v) is 4.05. The topological polar surface area (TPSA) is 72.9 Å². The maximum atomic E-state index is 14.3. The van der Waals surface area contributed by atoms with Crippen LogP contribution in [0.3, 0.4) is 0 Å². The van der Waals surface area contributed by atoms with Gasteiger partial charge in [-0.25, -0.2) is 0 Å². The third kappa shape index (κ3) is 4.24. The van der Waals surface area contributed by atoms with E-state index in [1.54, 1.807) is 37.3 Å². The Morgan fingerprint density at radius 2 is 1.69 bits per heavy atom. The van der Waals surface area contributed by atoms with Gasteiger partial charge in [-0.1, -0.05) is 30.3 Å². The first-order valence-corrected chi connectivity index (χ1v) is 8.35. The molecule has 8 heteroatoms. The van der Waals surface area contributed by atoms with E-state index >= 15 is 0 Å². The Kier molecular flexibility index (Phi) is 6.42. The van der Waals surface area contributed by atoms with Gasteiger partial charge in [0.1, 0.15) is 12.0 Å². The molecule has 0 unspecified atom stereocenters. The number of esters is 2. The molecular formula is C18H21F2NO5. The summed E-state index contributed by atoms with van der Waals surface area (Å²) >= 11 is 0. The number of halogens is 2. The molecule has 0 radical (unpaired) electrons. The minimum atomic E-state index is -3.77. The molecule has 1 fully saturated rings. The SMILES string of the molecule is CCOC(=O)[C@H]1C(=O)C(F)(F)CN(Cc2ccccc2)[C@@H]1C(=O)OCC. The van der Waals surface area contributed by atoms with Gasteiger partial charge >= 0.3 is 17.9 Å². The van der Waals surface area contributed by atoms with Gasteiger partial charge in [0.15, 0.2) is 0 Å². The molecule has 2 atom stereocenters. The number of likely N-dealkylation sites (tertiary alicyclic amines) is 1. The summed E-state index contributed by atoms with van der Waals surface area (Å²) in [5.41, 5.74) is 0.662. The zero-order chi connectivity index (χ0) is 19.3. The summed E-state index contributed by atoms with van der Waals surface area (Å²) in [6, 6.07) is 7.17. The Bertz CT molecular complexity index is 665. The zero-order valence-corrected chi connectivity index (χ0v) is 14.6. The predicted octanol–water partition coefficient (Wildman–Crippen LogP) is 1.82. The van der Waals surface area contributed by atoms with E-state index in [9.17, 15) is 23.2 Å². The summed E-state index contributed by atoms with van der Waals surface area (Å²) < 4.78 is 38.3. The fraction of sp³-hybridized carbons (Fsp3) is 0.500. The summed E-state index contributed by atoms with van der Waals surface area (Å²) in [6.45, 7) is 1.93. The standard InChI is InChI=1S/C18H21F2NO5/c1-3-25-16(23)13-14(17(24)26-4-2)21(11-18(19,20)15(13)22)10-12-8-6-5-7-9-12/h5-9,13-14H,3-4,10-11H2,1-2H3/t13-,14+/m1/s1. The van der Waals surface area contributed by atoms with Crippen molar-refractivity contribution in [2.75, 3.05) is 19.8 Å². The molecule has 0 aromatic heterocycles. The summed E-state index contributed by atoms with van der Waals surface area (Å²) in [4.78, 5) is 37.9. The molecule has 0 saturated carbocycles. The lowest BCUT2D eigenvalue weighted by Crippen LogP contribution is -2.64. The molecule has 1 heterocycles. The van der Waals surface area contributed by atoms with Crippen LogP contribution in [0.2, 0.25) is 0 Å². The molecule has 26 heavy (non-hydrogen) atoms. The fourth-order valence-electron chi connectivity index (χ4n) is 2.97. The van der Waals surface area contributed by atoms with Crippen LogP contribution in [0.5, 0.6) is 0 Å². The third-order valence-electron chi connectivity index (χ3n) is 4.05. The molecule has 1 saturated heterocycles. The molecule has 1 aliphatic rings. The van der Waals surface area contributed by atoms with E-state index in [1.165, 1.54) is 6.92 Å². The van der Waals surface area contributed by atoms with E-state index in [0.717, 1.165) is 4.90 Å².